The maximum atomic E-state index is 8.99. The van der Waals surface area contributed by atoms with Crippen molar-refractivity contribution >= 4 is 0 Å². The zero-order chi connectivity index (χ0) is 14.9. The fraction of sp³-hybridized carbons (Fsp3) is 0.833. The Morgan fingerprint density at radius 3 is 2.00 bits per heavy atom. The summed E-state index contributed by atoms with van der Waals surface area (Å²) in [5, 5.41) is 12.3. The molecule has 20 heavy (non-hydrogen) atoms. The molecule has 0 spiro atoms. The highest BCUT2D eigenvalue weighted by atomic mass is 16.6. The number of aliphatic hydroxyl groups is 1. The van der Waals surface area contributed by atoms with Gasteiger partial charge < -0.3 is 24.1 Å². The molecule has 1 atom stereocenters. The van der Waals surface area contributed by atoms with Crippen LogP contribution in [0.1, 0.15) is 0 Å². The SMILES string of the molecule is C#CC(O)COCCOCCOCCOCCN=[N+]=[N-]. The number of ether oxygens (including phenoxy) is 4. The van der Waals surface area contributed by atoms with Crippen LogP contribution >= 0.6 is 0 Å². The molecule has 0 rings (SSSR count). The van der Waals surface area contributed by atoms with E-state index in [0.717, 1.165) is 0 Å². The molecule has 0 aromatic rings. The summed E-state index contributed by atoms with van der Waals surface area (Å²) in [5.74, 6) is 2.15. The van der Waals surface area contributed by atoms with Crippen LogP contribution in [0.15, 0.2) is 5.11 Å². The molecule has 0 bridgehead atoms. The van der Waals surface area contributed by atoms with Gasteiger partial charge in [-0.1, -0.05) is 11.0 Å². The first-order valence-electron chi connectivity index (χ1n) is 6.27. The summed E-state index contributed by atoms with van der Waals surface area (Å²) < 4.78 is 20.7. The molecule has 0 fully saturated rings. The molecular formula is C12H21N3O5. The van der Waals surface area contributed by atoms with Crippen LogP contribution in [0.5, 0.6) is 0 Å². The van der Waals surface area contributed by atoms with Crippen molar-refractivity contribution in [2.75, 3.05) is 59.4 Å². The average molecular weight is 287 g/mol. The third kappa shape index (κ3) is 14.7. The number of terminal acetylenes is 1. The minimum atomic E-state index is -0.864. The Kier molecular flexibility index (Phi) is 14.7. The van der Waals surface area contributed by atoms with Crippen molar-refractivity contribution < 1.29 is 24.1 Å². The van der Waals surface area contributed by atoms with Crippen molar-refractivity contribution in [2.45, 2.75) is 6.10 Å². The molecule has 0 radical (unpaired) electrons. The third-order valence-corrected chi connectivity index (χ3v) is 1.98. The molecule has 0 heterocycles. The van der Waals surface area contributed by atoms with Gasteiger partial charge >= 0.3 is 0 Å². The zero-order valence-corrected chi connectivity index (χ0v) is 11.4. The molecule has 0 amide bonds. The van der Waals surface area contributed by atoms with E-state index < -0.39 is 6.10 Å². The van der Waals surface area contributed by atoms with E-state index in [1.54, 1.807) is 0 Å². The fourth-order valence-corrected chi connectivity index (χ4v) is 1.05. The van der Waals surface area contributed by atoms with Crippen LogP contribution in [0.2, 0.25) is 0 Å². The van der Waals surface area contributed by atoms with Crippen molar-refractivity contribution in [2.24, 2.45) is 5.11 Å². The largest absolute Gasteiger partial charge is 0.379 e. The Morgan fingerprint density at radius 1 is 1.00 bits per heavy atom. The van der Waals surface area contributed by atoms with E-state index in [4.69, 9.17) is 36.0 Å². The number of hydrogen-bond acceptors (Lipinski definition) is 6. The summed E-state index contributed by atoms with van der Waals surface area (Å²) in [5.41, 5.74) is 8.02. The van der Waals surface area contributed by atoms with Crippen molar-refractivity contribution in [3.05, 3.63) is 10.4 Å². The second-order valence-electron chi connectivity index (χ2n) is 3.55. The molecule has 0 saturated carbocycles. The van der Waals surface area contributed by atoms with Crippen LogP contribution in [0.4, 0.5) is 0 Å². The summed E-state index contributed by atoms with van der Waals surface area (Å²) in [6.07, 6.45) is 4.10. The highest BCUT2D eigenvalue weighted by molar-refractivity contribution is 4.92. The van der Waals surface area contributed by atoms with Gasteiger partial charge in [0.05, 0.1) is 52.9 Å². The summed E-state index contributed by atoms with van der Waals surface area (Å²) in [6, 6.07) is 0. The van der Waals surface area contributed by atoms with Gasteiger partial charge in [0, 0.05) is 11.5 Å². The lowest BCUT2D eigenvalue weighted by molar-refractivity contribution is -0.00957. The number of nitrogens with zero attached hydrogens (tertiary/aromatic N) is 3. The van der Waals surface area contributed by atoms with Gasteiger partial charge in [0.2, 0.25) is 0 Å². The van der Waals surface area contributed by atoms with Gasteiger partial charge in [-0.2, -0.15) is 0 Å². The molecule has 0 aromatic heterocycles. The Labute approximate surface area is 118 Å². The maximum absolute atomic E-state index is 8.99. The first-order chi connectivity index (χ1) is 9.81. The maximum Gasteiger partial charge on any atom is 0.137 e. The highest BCUT2D eigenvalue weighted by Gasteiger charge is 1.97. The van der Waals surface area contributed by atoms with Crippen LogP contribution in [0, 0.1) is 12.3 Å². The summed E-state index contributed by atoms with van der Waals surface area (Å²) >= 11 is 0. The molecule has 1 unspecified atom stereocenters. The minimum Gasteiger partial charge on any atom is -0.379 e. The Hall–Kier alpha value is -1.33. The van der Waals surface area contributed by atoms with Crippen LogP contribution < -0.4 is 0 Å². The van der Waals surface area contributed by atoms with Gasteiger partial charge in [-0.05, 0) is 5.53 Å². The Morgan fingerprint density at radius 2 is 1.50 bits per heavy atom. The summed E-state index contributed by atoms with van der Waals surface area (Å²) in [6.45, 7) is 3.47. The van der Waals surface area contributed by atoms with E-state index in [-0.39, 0.29) is 6.61 Å². The Balaban J connectivity index is 3.03. The van der Waals surface area contributed by atoms with Gasteiger partial charge in [-0.25, -0.2) is 0 Å². The predicted octanol–water partition coefficient (Wildman–Crippen LogP) is 0.357. The quantitative estimate of drug-likeness (QED) is 0.163. The molecular weight excluding hydrogens is 266 g/mol. The second-order valence-corrected chi connectivity index (χ2v) is 3.55. The standard InChI is InChI=1S/C12H21N3O5/c1-2-12(16)11-20-10-9-19-8-7-18-6-5-17-4-3-14-15-13/h1,12,16H,3-11H2. The summed E-state index contributed by atoms with van der Waals surface area (Å²) in [7, 11) is 0. The number of rotatable bonds is 14. The molecule has 8 nitrogen and oxygen atoms in total. The third-order valence-electron chi connectivity index (χ3n) is 1.98. The molecule has 1 N–H and O–H groups in total. The lowest BCUT2D eigenvalue weighted by atomic mass is 10.4. The lowest BCUT2D eigenvalue weighted by Crippen LogP contribution is -2.16. The van der Waals surface area contributed by atoms with Crippen molar-refractivity contribution in [3.63, 3.8) is 0 Å². The van der Waals surface area contributed by atoms with Gasteiger partial charge in [-0.3, -0.25) is 0 Å². The number of hydrogen-bond donors (Lipinski definition) is 1. The molecule has 8 heteroatoms. The van der Waals surface area contributed by atoms with Gasteiger partial charge in [0.25, 0.3) is 0 Å². The number of aliphatic hydroxyl groups excluding tert-OH is 1. The van der Waals surface area contributed by atoms with E-state index in [9.17, 15) is 0 Å². The van der Waals surface area contributed by atoms with Gasteiger partial charge in [0.15, 0.2) is 0 Å². The van der Waals surface area contributed by atoms with Crippen molar-refractivity contribution in [1.82, 2.24) is 0 Å². The Bertz CT molecular complexity index is 302. The molecule has 0 aromatic carbocycles. The first-order valence-corrected chi connectivity index (χ1v) is 6.27. The fourth-order valence-electron chi connectivity index (χ4n) is 1.05. The zero-order valence-electron chi connectivity index (χ0n) is 11.4. The van der Waals surface area contributed by atoms with Crippen LogP contribution in [-0.2, 0) is 18.9 Å². The topological polar surface area (TPSA) is 106 Å². The van der Waals surface area contributed by atoms with Crippen molar-refractivity contribution in [3.8, 4) is 12.3 Å². The number of azide groups is 1. The monoisotopic (exact) mass is 287 g/mol. The van der Waals surface area contributed by atoms with E-state index in [1.807, 2.05) is 0 Å². The lowest BCUT2D eigenvalue weighted by Gasteiger charge is -2.07. The van der Waals surface area contributed by atoms with E-state index >= 15 is 0 Å². The van der Waals surface area contributed by atoms with Crippen molar-refractivity contribution in [1.29, 1.82) is 0 Å². The van der Waals surface area contributed by atoms with Crippen LogP contribution in [0.25, 0.3) is 10.4 Å². The highest BCUT2D eigenvalue weighted by Crippen LogP contribution is 1.85. The van der Waals surface area contributed by atoms with Crippen LogP contribution in [-0.4, -0.2) is 70.6 Å². The van der Waals surface area contributed by atoms with Crippen LogP contribution in [0.3, 0.4) is 0 Å². The molecule has 0 saturated heterocycles. The average Bonchev–Trinajstić information content (AvgIpc) is 2.47. The molecule has 0 aliphatic heterocycles. The first kappa shape index (κ1) is 18.7. The smallest absolute Gasteiger partial charge is 0.137 e. The molecule has 0 aliphatic rings. The van der Waals surface area contributed by atoms with E-state index in [2.05, 4.69) is 15.9 Å². The van der Waals surface area contributed by atoms with E-state index in [1.165, 1.54) is 0 Å². The van der Waals surface area contributed by atoms with Gasteiger partial charge in [0.1, 0.15) is 6.10 Å². The second kappa shape index (κ2) is 15.7. The minimum absolute atomic E-state index is 0.115. The molecule has 0 aliphatic carbocycles. The predicted molar refractivity (Wildman–Crippen MR) is 72.1 cm³/mol. The van der Waals surface area contributed by atoms with Gasteiger partial charge in [-0.15, -0.1) is 6.42 Å². The molecule has 114 valence electrons. The summed E-state index contributed by atoms with van der Waals surface area (Å²) in [4.78, 5) is 2.60. The normalized spacial score (nSPS) is 11.6. The van der Waals surface area contributed by atoms with E-state index in [0.29, 0.717) is 52.8 Å².